The fourth-order valence-corrected chi connectivity index (χ4v) is 0.925. The van der Waals surface area contributed by atoms with Gasteiger partial charge in [-0.25, -0.2) is 4.73 Å². The molecule has 0 aliphatic heterocycles. The van der Waals surface area contributed by atoms with Gasteiger partial charge in [-0.2, -0.15) is 0 Å². The maximum atomic E-state index is 10.9. The monoisotopic (exact) mass is 138 g/mol. The second-order valence-electron chi connectivity index (χ2n) is 2.39. The molecule has 54 valence electrons. The number of aromatic nitrogens is 1. The molecule has 0 spiro atoms. The van der Waals surface area contributed by atoms with E-state index in [4.69, 9.17) is 5.73 Å². The summed E-state index contributed by atoms with van der Waals surface area (Å²) in [7, 11) is 0. The van der Waals surface area contributed by atoms with Crippen LogP contribution in [-0.4, -0.2) is 0 Å². The Morgan fingerprint density at radius 3 is 2.50 bits per heavy atom. The predicted molar refractivity (Wildman–Crippen MR) is 39.3 cm³/mol. The van der Waals surface area contributed by atoms with Gasteiger partial charge in [0.1, 0.15) is 5.69 Å². The van der Waals surface area contributed by atoms with E-state index < -0.39 is 0 Å². The summed E-state index contributed by atoms with van der Waals surface area (Å²) in [5.41, 5.74) is 7.02. The Bertz CT molecular complexity index is 235. The highest BCUT2D eigenvalue weighted by Gasteiger charge is 1.99. The minimum atomic E-state index is 0.262. The summed E-state index contributed by atoms with van der Waals surface area (Å²) in [5.74, 6) is 0.262. The summed E-state index contributed by atoms with van der Waals surface area (Å²) in [6.07, 6.45) is 0. The minimum Gasteiger partial charge on any atom is -0.710 e. The van der Waals surface area contributed by atoms with Crippen LogP contribution in [0.1, 0.15) is 11.3 Å². The number of nitrogens with zero attached hydrogens (tertiary/aromatic N) is 1. The van der Waals surface area contributed by atoms with Gasteiger partial charge in [0.15, 0.2) is 0 Å². The number of aryl methyl sites for hydroxylation is 2. The van der Waals surface area contributed by atoms with Gasteiger partial charge in [-0.05, 0) is 25.5 Å². The van der Waals surface area contributed by atoms with Crippen LogP contribution in [0.3, 0.4) is 0 Å². The van der Waals surface area contributed by atoms with Crippen molar-refractivity contribution in [3.05, 3.63) is 28.6 Å². The van der Waals surface area contributed by atoms with E-state index in [0.717, 1.165) is 5.56 Å². The maximum Gasteiger partial charge on any atom is 0.275 e. The summed E-state index contributed by atoms with van der Waals surface area (Å²) in [6.45, 7) is 3.64. The number of hydrogen-bond acceptors (Lipinski definition) is 2. The molecule has 0 aliphatic carbocycles. The maximum absolute atomic E-state index is 10.9. The molecule has 0 aromatic carbocycles. The third-order valence-corrected chi connectivity index (χ3v) is 1.37. The van der Waals surface area contributed by atoms with Gasteiger partial charge in [0.05, 0.1) is 0 Å². The largest absolute Gasteiger partial charge is 0.710 e. The standard InChI is InChI=1S/C7H10N2O/c1-5-3-6(2)9(10)7(8)4-5/h3-4H,8H2,1-2H3. The molecule has 1 aromatic rings. The summed E-state index contributed by atoms with van der Waals surface area (Å²) in [4.78, 5) is 0. The molecule has 0 atom stereocenters. The van der Waals surface area contributed by atoms with Crippen LogP contribution >= 0.6 is 0 Å². The van der Waals surface area contributed by atoms with Gasteiger partial charge in [0.25, 0.3) is 5.82 Å². The SMILES string of the molecule is Cc1cc(C)[n+]([O-])c(N)c1. The van der Waals surface area contributed by atoms with Gasteiger partial charge in [0, 0.05) is 6.07 Å². The highest BCUT2D eigenvalue weighted by molar-refractivity contribution is 5.27. The molecule has 3 nitrogen and oxygen atoms in total. The third-order valence-electron chi connectivity index (χ3n) is 1.37. The van der Waals surface area contributed by atoms with Gasteiger partial charge in [0.2, 0.25) is 0 Å². The first-order valence-electron chi connectivity index (χ1n) is 3.07. The molecule has 2 N–H and O–H groups in total. The van der Waals surface area contributed by atoms with E-state index in [1.165, 1.54) is 0 Å². The normalized spacial score (nSPS) is 9.80. The van der Waals surface area contributed by atoms with Crippen molar-refractivity contribution in [3.8, 4) is 0 Å². The second kappa shape index (κ2) is 2.17. The molecule has 0 saturated heterocycles. The van der Waals surface area contributed by atoms with Crippen LogP contribution in [0.5, 0.6) is 0 Å². The summed E-state index contributed by atoms with van der Waals surface area (Å²) >= 11 is 0. The van der Waals surface area contributed by atoms with Crippen LogP contribution in [0.2, 0.25) is 0 Å². The van der Waals surface area contributed by atoms with Gasteiger partial charge in [-0.1, -0.05) is 0 Å². The van der Waals surface area contributed by atoms with Crippen molar-refractivity contribution < 1.29 is 4.73 Å². The van der Waals surface area contributed by atoms with Gasteiger partial charge in [-0.15, -0.1) is 0 Å². The molecule has 0 fully saturated rings. The van der Waals surface area contributed by atoms with Gasteiger partial charge < -0.3 is 5.21 Å². The van der Waals surface area contributed by atoms with E-state index in [9.17, 15) is 5.21 Å². The molecule has 0 saturated carbocycles. The van der Waals surface area contributed by atoms with E-state index >= 15 is 0 Å². The van der Waals surface area contributed by atoms with Crippen LogP contribution in [0, 0.1) is 19.1 Å². The van der Waals surface area contributed by atoms with E-state index in [-0.39, 0.29) is 5.82 Å². The average Bonchev–Trinajstić information content (AvgIpc) is 1.82. The first kappa shape index (κ1) is 6.86. The molecule has 1 rings (SSSR count). The summed E-state index contributed by atoms with van der Waals surface area (Å²) in [6, 6.07) is 3.45. The smallest absolute Gasteiger partial charge is 0.275 e. The molecule has 1 heterocycles. The van der Waals surface area contributed by atoms with Crippen molar-refractivity contribution in [3.63, 3.8) is 0 Å². The lowest BCUT2D eigenvalue weighted by Crippen LogP contribution is -2.33. The molecule has 3 heteroatoms. The second-order valence-corrected chi connectivity index (χ2v) is 2.39. The van der Waals surface area contributed by atoms with Crippen LogP contribution in [0.25, 0.3) is 0 Å². The topological polar surface area (TPSA) is 53.0 Å². The Morgan fingerprint density at radius 2 is 2.00 bits per heavy atom. The van der Waals surface area contributed by atoms with Crippen molar-refractivity contribution in [2.75, 3.05) is 5.73 Å². The number of pyridine rings is 1. The zero-order valence-electron chi connectivity index (χ0n) is 6.09. The molecule has 0 unspecified atom stereocenters. The fourth-order valence-electron chi connectivity index (χ4n) is 0.925. The molecule has 0 amide bonds. The lowest BCUT2D eigenvalue weighted by molar-refractivity contribution is -0.597. The van der Waals surface area contributed by atoms with Crippen LogP contribution in [0.4, 0.5) is 5.82 Å². The van der Waals surface area contributed by atoms with E-state index in [1.807, 2.05) is 6.92 Å². The van der Waals surface area contributed by atoms with Crippen molar-refractivity contribution in [1.82, 2.24) is 0 Å². The number of rotatable bonds is 0. The molecule has 0 radical (unpaired) electrons. The van der Waals surface area contributed by atoms with Crippen LogP contribution in [0.15, 0.2) is 12.1 Å². The predicted octanol–water partition coefficient (Wildman–Crippen LogP) is 0.519. The van der Waals surface area contributed by atoms with Gasteiger partial charge >= 0.3 is 0 Å². The highest BCUT2D eigenvalue weighted by atomic mass is 16.5. The third kappa shape index (κ3) is 1.03. The number of nitrogen functional groups attached to an aromatic ring is 1. The molecular formula is C7H10N2O. The molecular weight excluding hydrogens is 128 g/mol. The Morgan fingerprint density at radius 1 is 1.40 bits per heavy atom. The lowest BCUT2D eigenvalue weighted by Gasteiger charge is -2.08. The average molecular weight is 138 g/mol. The first-order valence-corrected chi connectivity index (χ1v) is 3.07. The van der Waals surface area contributed by atoms with Crippen molar-refractivity contribution in [2.45, 2.75) is 13.8 Å². The van der Waals surface area contributed by atoms with Crippen molar-refractivity contribution in [1.29, 1.82) is 0 Å². The van der Waals surface area contributed by atoms with Gasteiger partial charge in [-0.3, -0.25) is 5.73 Å². The Balaban J connectivity index is 3.31. The summed E-state index contributed by atoms with van der Waals surface area (Å²) < 4.78 is 0.715. The Kier molecular flexibility index (Phi) is 1.49. The molecule has 1 aromatic heterocycles. The lowest BCUT2D eigenvalue weighted by atomic mass is 10.2. The highest BCUT2D eigenvalue weighted by Crippen LogP contribution is 2.01. The van der Waals surface area contributed by atoms with Crippen LogP contribution in [-0.2, 0) is 0 Å². The van der Waals surface area contributed by atoms with E-state index in [1.54, 1.807) is 19.1 Å². The number of nitrogens with two attached hydrogens (primary N) is 1. The first-order chi connectivity index (χ1) is 4.61. The fraction of sp³-hybridized carbons (Fsp3) is 0.286. The quantitative estimate of drug-likeness (QED) is 0.419. The number of anilines is 1. The van der Waals surface area contributed by atoms with Crippen molar-refractivity contribution >= 4 is 5.82 Å². The summed E-state index contributed by atoms with van der Waals surface area (Å²) in [5, 5.41) is 10.9. The molecule has 0 aliphatic rings. The number of hydrogen-bond donors (Lipinski definition) is 1. The van der Waals surface area contributed by atoms with Crippen LogP contribution < -0.4 is 10.5 Å². The molecule has 10 heavy (non-hydrogen) atoms. The van der Waals surface area contributed by atoms with Crippen molar-refractivity contribution in [2.24, 2.45) is 0 Å². The van der Waals surface area contributed by atoms with E-state index in [0.29, 0.717) is 10.4 Å². The zero-order valence-corrected chi connectivity index (χ0v) is 6.09. The van der Waals surface area contributed by atoms with E-state index in [2.05, 4.69) is 0 Å². The Labute approximate surface area is 59.7 Å². The Hall–Kier alpha value is -1.25. The zero-order chi connectivity index (χ0) is 7.72. The minimum absolute atomic E-state index is 0.262. The molecule has 0 bridgehead atoms.